The maximum absolute atomic E-state index is 12.7. The second-order valence-electron chi connectivity index (χ2n) is 6.80. The molecule has 1 unspecified atom stereocenters. The maximum Gasteiger partial charge on any atom is 0.410 e. The summed E-state index contributed by atoms with van der Waals surface area (Å²) >= 11 is 11.8. The van der Waals surface area contributed by atoms with Crippen molar-refractivity contribution in [3.8, 4) is 0 Å². The predicted molar refractivity (Wildman–Crippen MR) is 106 cm³/mol. The molecule has 0 bridgehead atoms. The van der Waals surface area contributed by atoms with Crippen molar-refractivity contribution in [2.45, 2.75) is 44.4 Å². The topological polar surface area (TPSA) is 113 Å². The lowest BCUT2D eigenvalue weighted by atomic mass is 10.0. The van der Waals surface area contributed by atoms with Crippen LogP contribution in [0.4, 0.5) is 9.18 Å². The van der Waals surface area contributed by atoms with Gasteiger partial charge in [-0.3, -0.25) is 19.3 Å². The minimum Gasteiger partial charge on any atom is -0.481 e. The molecule has 1 heterocycles. The molecule has 0 radical (unpaired) electrons. The summed E-state index contributed by atoms with van der Waals surface area (Å²) in [5.41, 5.74) is 0.564. The van der Waals surface area contributed by atoms with E-state index in [4.69, 9.17) is 33.0 Å². The smallest absolute Gasteiger partial charge is 0.410 e. The molecule has 164 valence electrons. The molecule has 0 spiro atoms. The lowest BCUT2D eigenvalue weighted by Crippen LogP contribution is -2.55. The van der Waals surface area contributed by atoms with Crippen molar-refractivity contribution in [2.75, 3.05) is 13.2 Å². The van der Waals surface area contributed by atoms with Crippen molar-refractivity contribution in [1.29, 1.82) is 0 Å². The first-order valence-electron chi connectivity index (χ1n) is 9.20. The molecule has 0 aliphatic carbocycles. The largest absolute Gasteiger partial charge is 0.481 e. The highest BCUT2D eigenvalue weighted by Gasteiger charge is 2.35. The van der Waals surface area contributed by atoms with Crippen molar-refractivity contribution >= 4 is 47.0 Å². The summed E-state index contributed by atoms with van der Waals surface area (Å²) in [6, 6.07) is 2.23. The fraction of sp³-hybridized carbons (Fsp3) is 0.474. The van der Waals surface area contributed by atoms with Gasteiger partial charge in [-0.1, -0.05) is 23.2 Å². The van der Waals surface area contributed by atoms with E-state index in [0.717, 1.165) is 0 Å². The molecule has 2 amide bonds. The van der Waals surface area contributed by atoms with E-state index in [9.17, 15) is 23.6 Å². The molecule has 2 atom stereocenters. The van der Waals surface area contributed by atoms with Gasteiger partial charge in [-0.25, -0.2) is 9.18 Å². The van der Waals surface area contributed by atoms with Gasteiger partial charge in [0.15, 0.2) is 5.78 Å². The summed E-state index contributed by atoms with van der Waals surface area (Å²) in [7, 11) is 0. The number of carboxylic acid groups (broad SMARTS) is 1. The monoisotopic (exact) mass is 462 g/mol. The number of hydrogen-bond acceptors (Lipinski definition) is 5. The second kappa shape index (κ2) is 11.1. The lowest BCUT2D eigenvalue weighted by Gasteiger charge is -2.34. The molecule has 1 aromatic carbocycles. The molecule has 8 nitrogen and oxygen atoms in total. The summed E-state index contributed by atoms with van der Waals surface area (Å²) in [4.78, 5) is 48.9. The van der Waals surface area contributed by atoms with E-state index in [1.807, 2.05) is 0 Å². The summed E-state index contributed by atoms with van der Waals surface area (Å²) in [5.74, 6) is -3.14. The number of hydrogen-bond donors (Lipinski definition) is 2. The predicted octanol–water partition coefficient (Wildman–Crippen LogP) is 2.98. The first kappa shape index (κ1) is 23.9. The SMILES string of the molecule is O=C(O)CC(NC(=O)[C@@H]1CCCCN1C(=O)OCc1cc(Cl)cc(Cl)c1)C(=O)CF. The molecule has 1 aliphatic rings. The number of carbonyl (C=O) groups excluding carboxylic acids is 3. The number of likely N-dealkylation sites (tertiary alicyclic amines) is 1. The van der Waals surface area contributed by atoms with Crippen molar-refractivity contribution in [1.82, 2.24) is 10.2 Å². The van der Waals surface area contributed by atoms with Gasteiger partial charge >= 0.3 is 12.1 Å². The van der Waals surface area contributed by atoms with Crippen LogP contribution in [0.25, 0.3) is 0 Å². The quantitative estimate of drug-likeness (QED) is 0.613. The Balaban J connectivity index is 2.04. The maximum atomic E-state index is 12.7. The molecular weight excluding hydrogens is 442 g/mol. The van der Waals surface area contributed by atoms with Crippen molar-refractivity contribution in [3.63, 3.8) is 0 Å². The summed E-state index contributed by atoms with van der Waals surface area (Å²) in [6.45, 7) is -1.28. The van der Waals surface area contributed by atoms with Crippen LogP contribution in [0.1, 0.15) is 31.2 Å². The average Bonchev–Trinajstić information content (AvgIpc) is 2.69. The number of nitrogens with zero attached hydrogens (tertiary/aromatic N) is 1. The number of rotatable bonds is 8. The number of nitrogens with one attached hydrogen (secondary N) is 1. The Hall–Kier alpha value is -2.39. The number of Topliss-reactive ketones (excluding diaryl/α,β-unsaturated/α-hetero) is 1. The Morgan fingerprint density at radius 3 is 2.47 bits per heavy atom. The molecule has 30 heavy (non-hydrogen) atoms. The number of alkyl halides is 1. The first-order valence-corrected chi connectivity index (χ1v) is 9.96. The highest BCUT2D eigenvalue weighted by Crippen LogP contribution is 2.22. The lowest BCUT2D eigenvalue weighted by molar-refractivity contribution is -0.140. The van der Waals surface area contributed by atoms with Gasteiger partial charge in [-0.05, 0) is 43.0 Å². The number of aliphatic carboxylic acids is 1. The fourth-order valence-electron chi connectivity index (χ4n) is 3.13. The molecule has 0 aromatic heterocycles. The van der Waals surface area contributed by atoms with Crippen LogP contribution in [0.3, 0.4) is 0 Å². The molecule has 0 saturated carbocycles. The molecular formula is C19H21Cl2FN2O6. The molecule has 1 saturated heterocycles. The zero-order valence-corrected chi connectivity index (χ0v) is 17.4. The number of amides is 2. The molecule has 1 aromatic rings. The van der Waals surface area contributed by atoms with Gasteiger partial charge in [0.2, 0.25) is 5.91 Å². The first-order chi connectivity index (χ1) is 14.2. The van der Waals surface area contributed by atoms with Crippen molar-refractivity contribution in [3.05, 3.63) is 33.8 Å². The highest BCUT2D eigenvalue weighted by molar-refractivity contribution is 6.34. The van der Waals surface area contributed by atoms with E-state index >= 15 is 0 Å². The van der Waals surface area contributed by atoms with Gasteiger partial charge in [0.25, 0.3) is 0 Å². The number of piperidine rings is 1. The van der Waals surface area contributed by atoms with Crippen LogP contribution < -0.4 is 5.32 Å². The van der Waals surface area contributed by atoms with E-state index in [2.05, 4.69) is 5.32 Å². The molecule has 1 fully saturated rings. The van der Waals surface area contributed by atoms with E-state index in [-0.39, 0.29) is 13.2 Å². The highest BCUT2D eigenvalue weighted by atomic mass is 35.5. The standard InChI is InChI=1S/C19H21Cl2FN2O6/c20-12-5-11(6-13(21)7-12)10-30-19(29)24-4-2-1-3-15(24)18(28)23-14(8-17(26)27)16(25)9-22/h5-7,14-15H,1-4,8-10H2,(H,23,28)(H,26,27)/t14?,15-/m0/s1. The molecule has 2 N–H and O–H groups in total. The van der Waals surface area contributed by atoms with Crippen LogP contribution in [0.15, 0.2) is 18.2 Å². The number of carbonyl (C=O) groups is 4. The third-order valence-electron chi connectivity index (χ3n) is 4.54. The van der Waals surface area contributed by atoms with Gasteiger partial charge in [-0.15, -0.1) is 0 Å². The second-order valence-corrected chi connectivity index (χ2v) is 7.67. The van der Waals surface area contributed by atoms with Gasteiger partial charge in [0, 0.05) is 16.6 Å². The number of halogens is 3. The summed E-state index contributed by atoms with van der Waals surface area (Å²) in [6.07, 6.45) is 0.0860. The number of carboxylic acids is 1. The Kier molecular flexibility index (Phi) is 8.86. The number of ether oxygens (including phenoxy) is 1. The number of ketones is 1. The van der Waals surface area contributed by atoms with E-state index in [1.165, 1.54) is 11.0 Å². The van der Waals surface area contributed by atoms with Gasteiger partial charge in [0.1, 0.15) is 25.4 Å². The zero-order valence-electron chi connectivity index (χ0n) is 15.9. The summed E-state index contributed by atoms with van der Waals surface area (Å²) in [5, 5.41) is 11.9. The van der Waals surface area contributed by atoms with Gasteiger partial charge in [-0.2, -0.15) is 0 Å². The Morgan fingerprint density at radius 1 is 1.20 bits per heavy atom. The van der Waals surface area contributed by atoms with Crippen LogP contribution >= 0.6 is 23.2 Å². The molecule has 2 rings (SSSR count). The van der Waals surface area contributed by atoms with Crippen LogP contribution in [0.5, 0.6) is 0 Å². The van der Waals surface area contributed by atoms with Gasteiger partial charge in [0.05, 0.1) is 6.42 Å². The Bertz CT molecular complexity index is 802. The third-order valence-corrected chi connectivity index (χ3v) is 4.98. The van der Waals surface area contributed by atoms with E-state index < -0.39 is 48.9 Å². The zero-order chi connectivity index (χ0) is 22.3. The average molecular weight is 463 g/mol. The molecule has 1 aliphatic heterocycles. The van der Waals surface area contributed by atoms with Crippen LogP contribution in [-0.2, 0) is 25.7 Å². The minimum absolute atomic E-state index is 0.119. The Morgan fingerprint density at radius 2 is 1.87 bits per heavy atom. The minimum atomic E-state index is -1.51. The summed E-state index contributed by atoms with van der Waals surface area (Å²) < 4.78 is 18.0. The van der Waals surface area contributed by atoms with E-state index in [1.54, 1.807) is 12.1 Å². The van der Waals surface area contributed by atoms with Crippen molar-refractivity contribution < 1.29 is 33.4 Å². The third kappa shape index (κ3) is 6.84. The van der Waals surface area contributed by atoms with Crippen LogP contribution in [0.2, 0.25) is 10.0 Å². The van der Waals surface area contributed by atoms with Gasteiger partial charge < -0.3 is 15.2 Å². The van der Waals surface area contributed by atoms with Crippen LogP contribution in [0, 0.1) is 0 Å². The fourth-order valence-corrected chi connectivity index (χ4v) is 3.70. The van der Waals surface area contributed by atoms with E-state index in [0.29, 0.717) is 34.9 Å². The van der Waals surface area contributed by atoms with Crippen molar-refractivity contribution in [2.24, 2.45) is 0 Å². The Labute approximate surface area is 182 Å². The number of benzene rings is 1. The normalized spacial score (nSPS) is 17.2. The van der Waals surface area contributed by atoms with Crippen LogP contribution in [-0.4, -0.2) is 59.1 Å². The molecule has 11 heteroatoms.